The summed E-state index contributed by atoms with van der Waals surface area (Å²) in [6, 6.07) is 0.483. The second kappa shape index (κ2) is 8.02. The Hall–Kier alpha value is -0.0800. The molecule has 0 saturated heterocycles. The molecular weight excluding hydrogens is 136 g/mol. The summed E-state index contributed by atoms with van der Waals surface area (Å²) in [6.45, 7) is 6.22. The number of nitrogens with one attached hydrogen (secondary N) is 1. The van der Waals surface area contributed by atoms with Gasteiger partial charge in [-0.05, 0) is 19.9 Å². The Morgan fingerprint density at radius 2 is 2.00 bits per heavy atom. The van der Waals surface area contributed by atoms with Crippen LogP contribution < -0.4 is 11.1 Å². The van der Waals surface area contributed by atoms with Gasteiger partial charge in [0.05, 0.1) is 0 Å². The van der Waals surface area contributed by atoms with Gasteiger partial charge in [0.25, 0.3) is 0 Å². The normalized spacial score (nSPS) is 13.4. The van der Waals surface area contributed by atoms with Crippen molar-refractivity contribution < 1.29 is 0 Å². The predicted octanol–water partition coefficient (Wildman–Crippen LogP) is 1.50. The number of rotatable bonds is 7. The Morgan fingerprint density at radius 3 is 2.55 bits per heavy atom. The lowest BCUT2D eigenvalue weighted by atomic mass is 10.2. The zero-order valence-corrected chi connectivity index (χ0v) is 7.90. The van der Waals surface area contributed by atoms with Crippen LogP contribution in [-0.4, -0.2) is 19.1 Å². The molecule has 3 N–H and O–H groups in total. The van der Waals surface area contributed by atoms with Crippen LogP contribution in [0.15, 0.2) is 0 Å². The number of unbranched alkanes of at least 4 members (excludes halogenated alkanes) is 3. The summed E-state index contributed by atoms with van der Waals surface area (Å²) in [6.07, 6.45) is 5.31. The van der Waals surface area contributed by atoms with Gasteiger partial charge in [0.2, 0.25) is 0 Å². The molecule has 0 amide bonds. The third-order valence-corrected chi connectivity index (χ3v) is 1.88. The maximum absolute atomic E-state index is 5.45. The van der Waals surface area contributed by atoms with E-state index >= 15 is 0 Å². The zero-order valence-electron chi connectivity index (χ0n) is 7.90. The molecule has 2 heteroatoms. The summed E-state index contributed by atoms with van der Waals surface area (Å²) in [5.41, 5.74) is 5.45. The summed E-state index contributed by atoms with van der Waals surface area (Å²) in [7, 11) is 0. The molecule has 68 valence electrons. The van der Waals surface area contributed by atoms with Crippen molar-refractivity contribution in [1.29, 1.82) is 0 Å². The van der Waals surface area contributed by atoms with E-state index in [9.17, 15) is 0 Å². The maximum atomic E-state index is 5.45. The first-order valence-corrected chi connectivity index (χ1v) is 4.74. The van der Waals surface area contributed by atoms with Crippen LogP contribution in [0.5, 0.6) is 0 Å². The van der Waals surface area contributed by atoms with E-state index in [0.717, 1.165) is 13.1 Å². The number of hydrogen-bond donors (Lipinski definition) is 2. The Kier molecular flexibility index (Phi) is 7.96. The summed E-state index contributed by atoms with van der Waals surface area (Å²) in [5, 5.41) is 3.37. The van der Waals surface area contributed by atoms with Gasteiger partial charge in [-0.3, -0.25) is 0 Å². The van der Waals surface area contributed by atoms with E-state index in [1.807, 2.05) is 0 Å². The van der Waals surface area contributed by atoms with E-state index < -0.39 is 0 Å². The third-order valence-electron chi connectivity index (χ3n) is 1.88. The molecule has 0 aromatic rings. The van der Waals surface area contributed by atoms with E-state index in [1.54, 1.807) is 0 Å². The Bertz CT molecular complexity index is 74.0. The SMILES string of the molecule is CCCCCCN[C@@H](C)CN. The van der Waals surface area contributed by atoms with E-state index in [2.05, 4.69) is 19.2 Å². The standard InChI is InChI=1S/C9H22N2/c1-3-4-5-6-7-11-9(2)8-10/h9,11H,3-8,10H2,1-2H3/t9-/m0/s1. The van der Waals surface area contributed by atoms with Crippen molar-refractivity contribution in [2.24, 2.45) is 5.73 Å². The summed E-state index contributed by atoms with van der Waals surface area (Å²) in [4.78, 5) is 0. The molecule has 0 aliphatic heterocycles. The second-order valence-electron chi connectivity index (χ2n) is 3.15. The molecule has 0 aromatic heterocycles. The molecule has 0 fully saturated rings. The van der Waals surface area contributed by atoms with E-state index in [0.29, 0.717) is 6.04 Å². The fourth-order valence-corrected chi connectivity index (χ4v) is 0.984. The van der Waals surface area contributed by atoms with Crippen molar-refractivity contribution in [3.63, 3.8) is 0 Å². The average molecular weight is 158 g/mol. The summed E-state index contributed by atoms with van der Waals surface area (Å²) < 4.78 is 0. The van der Waals surface area contributed by atoms with E-state index in [4.69, 9.17) is 5.73 Å². The fraction of sp³-hybridized carbons (Fsp3) is 1.00. The first kappa shape index (κ1) is 10.9. The van der Waals surface area contributed by atoms with Crippen LogP contribution in [0.3, 0.4) is 0 Å². The fourth-order valence-electron chi connectivity index (χ4n) is 0.984. The quantitative estimate of drug-likeness (QED) is 0.551. The highest BCUT2D eigenvalue weighted by Crippen LogP contribution is 1.97. The lowest BCUT2D eigenvalue weighted by Gasteiger charge is -2.09. The molecule has 11 heavy (non-hydrogen) atoms. The van der Waals surface area contributed by atoms with Crippen molar-refractivity contribution in [1.82, 2.24) is 5.32 Å². The molecule has 1 atom stereocenters. The van der Waals surface area contributed by atoms with Gasteiger partial charge in [0.1, 0.15) is 0 Å². The molecule has 0 aliphatic rings. The van der Waals surface area contributed by atoms with Gasteiger partial charge in [-0.2, -0.15) is 0 Å². The van der Waals surface area contributed by atoms with Crippen molar-refractivity contribution in [3.8, 4) is 0 Å². The number of nitrogens with two attached hydrogens (primary N) is 1. The highest BCUT2D eigenvalue weighted by atomic mass is 14.9. The van der Waals surface area contributed by atoms with Gasteiger partial charge in [-0.1, -0.05) is 26.2 Å². The molecule has 2 nitrogen and oxygen atoms in total. The highest BCUT2D eigenvalue weighted by Gasteiger charge is 1.95. The van der Waals surface area contributed by atoms with Gasteiger partial charge in [0, 0.05) is 12.6 Å². The first-order valence-electron chi connectivity index (χ1n) is 4.74. The minimum atomic E-state index is 0.483. The summed E-state index contributed by atoms with van der Waals surface area (Å²) in [5.74, 6) is 0. The lowest BCUT2D eigenvalue weighted by molar-refractivity contribution is 0.526. The average Bonchev–Trinajstić information content (AvgIpc) is 2.04. The molecule has 0 rings (SSSR count). The molecule has 0 heterocycles. The molecule has 0 aliphatic carbocycles. The van der Waals surface area contributed by atoms with Crippen molar-refractivity contribution in [2.75, 3.05) is 13.1 Å². The Morgan fingerprint density at radius 1 is 1.27 bits per heavy atom. The van der Waals surface area contributed by atoms with Gasteiger partial charge in [-0.15, -0.1) is 0 Å². The van der Waals surface area contributed by atoms with Crippen LogP contribution in [-0.2, 0) is 0 Å². The summed E-state index contributed by atoms with van der Waals surface area (Å²) >= 11 is 0. The van der Waals surface area contributed by atoms with Gasteiger partial charge in [0.15, 0.2) is 0 Å². The van der Waals surface area contributed by atoms with Gasteiger partial charge in [-0.25, -0.2) is 0 Å². The molecule has 0 spiro atoms. The molecule has 0 unspecified atom stereocenters. The van der Waals surface area contributed by atoms with Crippen LogP contribution in [0.1, 0.15) is 39.5 Å². The van der Waals surface area contributed by atoms with Gasteiger partial charge < -0.3 is 11.1 Å². The minimum absolute atomic E-state index is 0.483. The Labute approximate surface area is 70.5 Å². The zero-order chi connectivity index (χ0) is 8.53. The number of hydrogen-bond acceptors (Lipinski definition) is 2. The van der Waals surface area contributed by atoms with Crippen LogP contribution >= 0.6 is 0 Å². The molecule has 0 saturated carbocycles. The largest absolute Gasteiger partial charge is 0.329 e. The topological polar surface area (TPSA) is 38.0 Å². The molecule has 0 radical (unpaired) electrons. The van der Waals surface area contributed by atoms with Crippen LogP contribution in [0.25, 0.3) is 0 Å². The van der Waals surface area contributed by atoms with E-state index in [-0.39, 0.29) is 0 Å². The minimum Gasteiger partial charge on any atom is -0.329 e. The molecule has 0 bridgehead atoms. The predicted molar refractivity (Wildman–Crippen MR) is 50.7 cm³/mol. The van der Waals surface area contributed by atoms with Crippen molar-refractivity contribution >= 4 is 0 Å². The van der Waals surface area contributed by atoms with Crippen molar-refractivity contribution in [3.05, 3.63) is 0 Å². The van der Waals surface area contributed by atoms with Crippen molar-refractivity contribution in [2.45, 2.75) is 45.6 Å². The first-order chi connectivity index (χ1) is 5.31. The highest BCUT2D eigenvalue weighted by molar-refractivity contribution is 4.59. The van der Waals surface area contributed by atoms with Crippen LogP contribution in [0.2, 0.25) is 0 Å². The van der Waals surface area contributed by atoms with E-state index in [1.165, 1.54) is 25.7 Å². The monoisotopic (exact) mass is 158 g/mol. The van der Waals surface area contributed by atoms with Crippen LogP contribution in [0, 0.1) is 0 Å². The Balaban J connectivity index is 2.89. The van der Waals surface area contributed by atoms with Crippen LogP contribution in [0.4, 0.5) is 0 Å². The third kappa shape index (κ3) is 7.82. The molecular formula is C9H22N2. The molecule has 0 aromatic carbocycles. The lowest BCUT2D eigenvalue weighted by Crippen LogP contribution is -2.33. The van der Waals surface area contributed by atoms with Gasteiger partial charge >= 0.3 is 0 Å². The smallest absolute Gasteiger partial charge is 0.0161 e. The second-order valence-corrected chi connectivity index (χ2v) is 3.15. The maximum Gasteiger partial charge on any atom is 0.0161 e.